The Balaban J connectivity index is 2.19. The average molecular weight is 271 g/mol. The third-order valence-electron chi connectivity index (χ3n) is 2.40. The van der Waals surface area contributed by atoms with E-state index in [1.165, 1.54) is 0 Å². The van der Waals surface area contributed by atoms with Crippen molar-refractivity contribution in [3.63, 3.8) is 0 Å². The van der Waals surface area contributed by atoms with Gasteiger partial charge in [0.2, 0.25) is 5.91 Å². The summed E-state index contributed by atoms with van der Waals surface area (Å²) in [7, 11) is 0. The topological polar surface area (TPSA) is 64.3 Å². The lowest BCUT2D eigenvalue weighted by molar-refractivity contribution is -0.121. The number of amides is 1. The van der Waals surface area contributed by atoms with Gasteiger partial charge in [-0.2, -0.15) is 0 Å². The fourth-order valence-corrected chi connectivity index (χ4v) is 1.57. The highest BCUT2D eigenvalue weighted by molar-refractivity contribution is 6.32. The van der Waals surface area contributed by atoms with E-state index < -0.39 is 0 Å². The average Bonchev–Trinajstić information content (AvgIpc) is 2.36. The molecule has 0 saturated carbocycles. The lowest BCUT2D eigenvalue weighted by atomic mass is 10.2. The first-order chi connectivity index (χ1) is 8.63. The molecule has 0 fully saturated rings. The van der Waals surface area contributed by atoms with Crippen LogP contribution in [0.25, 0.3) is 0 Å². The maximum atomic E-state index is 11.4. The Morgan fingerprint density at radius 3 is 2.89 bits per heavy atom. The van der Waals surface area contributed by atoms with E-state index in [4.69, 9.17) is 22.1 Å². The van der Waals surface area contributed by atoms with Gasteiger partial charge in [0, 0.05) is 19.0 Å². The van der Waals surface area contributed by atoms with E-state index in [9.17, 15) is 4.79 Å². The molecule has 0 radical (unpaired) electrons. The SMILES string of the molecule is C[C@@H](CN)NC(=O)CCCOc1ccccc1Cl. The molecule has 5 heteroatoms. The number of hydrogen-bond acceptors (Lipinski definition) is 3. The lowest BCUT2D eigenvalue weighted by Crippen LogP contribution is -2.37. The van der Waals surface area contributed by atoms with Crippen molar-refractivity contribution in [3.8, 4) is 5.75 Å². The first-order valence-electron chi connectivity index (χ1n) is 6.00. The molecule has 3 N–H and O–H groups in total. The summed E-state index contributed by atoms with van der Waals surface area (Å²) in [6.45, 7) is 2.79. The van der Waals surface area contributed by atoms with Crippen LogP contribution < -0.4 is 15.8 Å². The number of rotatable bonds is 7. The minimum absolute atomic E-state index is 0.00397. The predicted molar refractivity (Wildman–Crippen MR) is 72.8 cm³/mol. The molecule has 4 nitrogen and oxygen atoms in total. The summed E-state index contributed by atoms with van der Waals surface area (Å²) in [4.78, 5) is 11.4. The maximum absolute atomic E-state index is 11.4. The second-order valence-corrected chi connectivity index (χ2v) is 4.49. The van der Waals surface area contributed by atoms with Crippen molar-refractivity contribution in [1.82, 2.24) is 5.32 Å². The number of halogens is 1. The highest BCUT2D eigenvalue weighted by Gasteiger charge is 2.05. The van der Waals surface area contributed by atoms with Gasteiger partial charge < -0.3 is 15.8 Å². The van der Waals surface area contributed by atoms with Gasteiger partial charge in [-0.25, -0.2) is 0 Å². The summed E-state index contributed by atoms with van der Waals surface area (Å²) in [5.74, 6) is 0.644. The van der Waals surface area contributed by atoms with Crippen LogP contribution in [0.3, 0.4) is 0 Å². The molecule has 100 valence electrons. The molecule has 0 unspecified atom stereocenters. The summed E-state index contributed by atoms with van der Waals surface area (Å²) in [5.41, 5.74) is 5.41. The van der Waals surface area contributed by atoms with Crippen LogP contribution in [0.2, 0.25) is 5.02 Å². The number of nitrogens with one attached hydrogen (secondary N) is 1. The number of benzene rings is 1. The monoisotopic (exact) mass is 270 g/mol. The fraction of sp³-hybridized carbons (Fsp3) is 0.462. The molecule has 1 rings (SSSR count). The Bertz CT molecular complexity index is 385. The highest BCUT2D eigenvalue weighted by atomic mass is 35.5. The van der Waals surface area contributed by atoms with Crippen LogP contribution in [0.15, 0.2) is 24.3 Å². The van der Waals surface area contributed by atoms with Crippen LogP contribution >= 0.6 is 11.6 Å². The van der Waals surface area contributed by atoms with Gasteiger partial charge in [-0.1, -0.05) is 23.7 Å². The van der Waals surface area contributed by atoms with Crippen LogP contribution in [-0.2, 0) is 4.79 Å². The maximum Gasteiger partial charge on any atom is 0.220 e. The molecule has 1 aromatic carbocycles. The van der Waals surface area contributed by atoms with E-state index in [0.717, 1.165) is 0 Å². The van der Waals surface area contributed by atoms with Crippen LogP contribution in [-0.4, -0.2) is 25.1 Å². The molecule has 0 aromatic heterocycles. The second kappa shape index (κ2) is 7.95. The molecule has 0 aliphatic rings. The van der Waals surface area contributed by atoms with Crippen molar-refractivity contribution in [2.75, 3.05) is 13.2 Å². The van der Waals surface area contributed by atoms with Crippen LogP contribution in [0.5, 0.6) is 5.75 Å². The molecule has 0 heterocycles. The van der Waals surface area contributed by atoms with Gasteiger partial charge in [0.25, 0.3) is 0 Å². The van der Waals surface area contributed by atoms with Crippen LogP contribution in [0, 0.1) is 0 Å². The van der Waals surface area contributed by atoms with E-state index in [1.807, 2.05) is 19.1 Å². The number of ether oxygens (including phenoxy) is 1. The Morgan fingerprint density at radius 2 is 2.22 bits per heavy atom. The van der Waals surface area contributed by atoms with Crippen molar-refractivity contribution in [2.45, 2.75) is 25.8 Å². The quantitative estimate of drug-likeness (QED) is 0.745. The zero-order valence-corrected chi connectivity index (χ0v) is 11.2. The number of hydrogen-bond donors (Lipinski definition) is 2. The van der Waals surface area contributed by atoms with Gasteiger partial charge >= 0.3 is 0 Å². The van der Waals surface area contributed by atoms with Gasteiger partial charge in [-0.3, -0.25) is 4.79 Å². The summed E-state index contributed by atoms with van der Waals surface area (Å²) in [6, 6.07) is 7.29. The van der Waals surface area contributed by atoms with E-state index in [1.54, 1.807) is 12.1 Å². The second-order valence-electron chi connectivity index (χ2n) is 4.09. The largest absolute Gasteiger partial charge is 0.492 e. The molecule has 0 spiro atoms. The molecular weight excluding hydrogens is 252 g/mol. The predicted octanol–water partition coefficient (Wildman–Crippen LogP) is 1.96. The van der Waals surface area contributed by atoms with Crippen molar-refractivity contribution in [2.24, 2.45) is 5.73 Å². The summed E-state index contributed by atoms with van der Waals surface area (Å²) < 4.78 is 5.48. The molecule has 0 saturated heterocycles. The lowest BCUT2D eigenvalue weighted by Gasteiger charge is -2.11. The van der Waals surface area contributed by atoms with E-state index in [-0.39, 0.29) is 11.9 Å². The van der Waals surface area contributed by atoms with Gasteiger partial charge in [0.05, 0.1) is 11.6 Å². The van der Waals surface area contributed by atoms with Gasteiger partial charge in [0.1, 0.15) is 5.75 Å². The standard InChI is InChI=1S/C13H19ClN2O2/c1-10(9-15)16-13(17)7-4-8-18-12-6-3-2-5-11(12)14/h2-3,5-6,10H,4,7-9,15H2,1H3,(H,16,17)/t10-/m0/s1. The number of para-hydroxylation sites is 1. The first kappa shape index (κ1) is 14.8. The van der Waals surface area contributed by atoms with Crippen molar-refractivity contribution in [1.29, 1.82) is 0 Å². The Hall–Kier alpha value is -1.26. The molecule has 1 atom stereocenters. The van der Waals surface area contributed by atoms with Crippen LogP contribution in [0.4, 0.5) is 0 Å². The van der Waals surface area contributed by atoms with Gasteiger partial charge in [-0.05, 0) is 25.5 Å². The zero-order chi connectivity index (χ0) is 13.4. The molecule has 0 bridgehead atoms. The third-order valence-corrected chi connectivity index (χ3v) is 2.72. The van der Waals surface area contributed by atoms with E-state index in [2.05, 4.69) is 5.32 Å². The molecular formula is C13H19ClN2O2. The molecule has 1 aromatic rings. The highest BCUT2D eigenvalue weighted by Crippen LogP contribution is 2.23. The van der Waals surface area contributed by atoms with Crippen molar-refractivity contribution >= 4 is 17.5 Å². The van der Waals surface area contributed by atoms with E-state index >= 15 is 0 Å². The molecule has 0 aliphatic heterocycles. The van der Waals surface area contributed by atoms with E-state index in [0.29, 0.717) is 36.8 Å². The zero-order valence-electron chi connectivity index (χ0n) is 10.5. The number of nitrogens with two attached hydrogens (primary N) is 1. The minimum Gasteiger partial charge on any atom is -0.492 e. The van der Waals surface area contributed by atoms with Crippen molar-refractivity contribution < 1.29 is 9.53 Å². The summed E-state index contributed by atoms with van der Waals surface area (Å²) in [6.07, 6.45) is 1.07. The number of carbonyl (C=O) groups excluding carboxylic acids is 1. The first-order valence-corrected chi connectivity index (χ1v) is 6.38. The molecule has 1 amide bonds. The smallest absolute Gasteiger partial charge is 0.220 e. The third kappa shape index (κ3) is 5.38. The molecule has 18 heavy (non-hydrogen) atoms. The normalized spacial score (nSPS) is 11.9. The van der Waals surface area contributed by atoms with Gasteiger partial charge in [-0.15, -0.1) is 0 Å². The molecule has 0 aliphatic carbocycles. The fourth-order valence-electron chi connectivity index (χ4n) is 1.38. The minimum atomic E-state index is -0.00397. The summed E-state index contributed by atoms with van der Waals surface area (Å²) in [5, 5.41) is 3.38. The number of carbonyl (C=O) groups is 1. The van der Waals surface area contributed by atoms with Crippen molar-refractivity contribution in [3.05, 3.63) is 29.3 Å². The van der Waals surface area contributed by atoms with Crippen LogP contribution in [0.1, 0.15) is 19.8 Å². The Morgan fingerprint density at radius 1 is 1.50 bits per heavy atom. The van der Waals surface area contributed by atoms with Gasteiger partial charge in [0.15, 0.2) is 0 Å². The Labute approximate surface area is 112 Å². The Kier molecular flexibility index (Phi) is 6.54. The summed E-state index contributed by atoms with van der Waals surface area (Å²) >= 11 is 5.94.